The normalized spacial score (nSPS) is 10.9. The van der Waals surface area contributed by atoms with Gasteiger partial charge in [0.2, 0.25) is 5.88 Å². The van der Waals surface area contributed by atoms with Crippen molar-refractivity contribution >= 4 is 46.4 Å². The summed E-state index contributed by atoms with van der Waals surface area (Å²) >= 11 is 24.2. The van der Waals surface area contributed by atoms with E-state index in [9.17, 15) is 0 Å². The second-order valence-corrected chi connectivity index (χ2v) is 7.81. The minimum absolute atomic E-state index is 0.145. The molecule has 3 aromatic rings. The van der Waals surface area contributed by atoms with Crippen molar-refractivity contribution in [3.05, 3.63) is 73.3 Å². The largest absolute Gasteiger partial charge is 0.437 e. The highest BCUT2D eigenvalue weighted by molar-refractivity contribution is 6.42. The van der Waals surface area contributed by atoms with Crippen molar-refractivity contribution in [2.24, 2.45) is 0 Å². The number of hydrogen-bond acceptors (Lipinski definition) is 4. The van der Waals surface area contributed by atoms with Gasteiger partial charge < -0.3 is 4.74 Å². The van der Waals surface area contributed by atoms with Crippen LogP contribution in [-0.4, -0.2) is 15.0 Å². The summed E-state index contributed by atoms with van der Waals surface area (Å²) in [4.78, 5) is 12.8. The molecule has 0 saturated carbocycles. The molecule has 0 aliphatic heterocycles. The average molecular weight is 457 g/mol. The average Bonchev–Trinajstić information content (AvgIpc) is 2.65. The molecule has 0 N–H and O–H groups in total. The molecule has 0 aliphatic carbocycles. The maximum Gasteiger partial charge on any atom is 0.239 e. The zero-order chi connectivity index (χ0) is 20.3. The molecule has 0 bridgehead atoms. The minimum atomic E-state index is 0.145. The van der Waals surface area contributed by atoms with E-state index in [0.717, 1.165) is 36.5 Å². The van der Waals surface area contributed by atoms with Gasteiger partial charge in [-0.1, -0.05) is 58.5 Å². The number of aryl methyl sites for hydroxylation is 4. The Bertz CT molecular complexity index is 994. The van der Waals surface area contributed by atoms with Crippen LogP contribution in [0.5, 0.6) is 11.6 Å². The van der Waals surface area contributed by atoms with Crippen LogP contribution < -0.4 is 4.74 Å². The van der Waals surface area contributed by atoms with E-state index in [1.165, 1.54) is 11.6 Å². The fourth-order valence-electron chi connectivity index (χ4n) is 2.73. The van der Waals surface area contributed by atoms with E-state index >= 15 is 0 Å². The number of rotatable bonds is 6. The van der Waals surface area contributed by atoms with Gasteiger partial charge in [0.15, 0.2) is 5.15 Å². The Labute approximate surface area is 183 Å². The predicted molar refractivity (Wildman–Crippen MR) is 114 cm³/mol. The molecular weight excluding hydrogens is 440 g/mol. The number of nitrogens with zero attached hydrogens (tertiary/aromatic N) is 3. The molecule has 4 nitrogen and oxygen atoms in total. The van der Waals surface area contributed by atoms with E-state index in [2.05, 4.69) is 15.0 Å². The minimum Gasteiger partial charge on any atom is -0.437 e. The first kappa shape index (κ1) is 21.1. The maximum absolute atomic E-state index is 6.30. The van der Waals surface area contributed by atoms with Crippen molar-refractivity contribution in [3.63, 3.8) is 0 Å². The van der Waals surface area contributed by atoms with Gasteiger partial charge in [-0.05, 0) is 56.9 Å². The van der Waals surface area contributed by atoms with E-state index in [1.807, 2.05) is 38.1 Å². The lowest BCUT2D eigenvalue weighted by molar-refractivity contribution is 0.463. The third-order valence-electron chi connectivity index (χ3n) is 4.07. The quantitative estimate of drug-likeness (QED) is 0.372. The third-order valence-corrected chi connectivity index (χ3v) is 5.50. The molecule has 0 radical (unpaired) electrons. The molecule has 0 aliphatic rings. The standard InChI is InChI=1S/C20H17Cl4N3O/c1-11-18(23)17(26-12(2)25-11)5-3-4-13-6-8-14(9-7-13)28-20-16(22)10-15(21)19(24)27-20/h6-10H,3-5H2,1-2H3. The Morgan fingerprint density at radius 3 is 2.29 bits per heavy atom. The second kappa shape index (κ2) is 9.27. The van der Waals surface area contributed by atoms with Crippen LogP contribution in [-0.2, 0) is 12.8 Å². The Hall–Kier alpha value is -1.59. The van der Waals surface area contributed by atoms with Crippen molar-refractivity contribution in [3.8, 4) is 11.6 Å². The van der Waals surface area contributed by atoms with Gasteiger partial charge in [-0.15, -0.1) is 0 Å². The van der Waals surface area contributed by atoms with Gasteiger partial charge in [0.05, 0.1) is 21.4 Å². The smallest absolute Gasteiger partial charge is 0.239 e. The van der Waals surface area contributed by atoms with Crippen molar-refractivity contribution in [1.82, 2.24) is 15.0 Å². The predicted octanol–water partition coefficient (Wildman–Crippen LogP) is 7.07. The summed E-state index contributed by atoms with van der Waals surface area (Å²) in [7, 11) is 0. The Morgan fingerprint density at radius 2 is 1.57 bits per heavy atom. The van der Waals surface area contributed by atoms with E-state index in [4.69, 9.17) is 51.1 Å². The maximum atomic E-state index is 6.30. The molecule has 2 aromatic heterocycles. The summed E-state index contributed by atoms with van der Waals surface area (Å²) in [6.45, 7) is 3.77. The number of ether oxygens (including phenoxy) is 1. The highest BCUT2D eigenvalue weighted by atomic mass is 35.5. The first-order valence-electron chi connectivity index (χ1n) is 8.61. The first-order chi connectivity index (χ1) is 13.3. The van der Waals surface area contributed by atoms with Crippen LogP contribution in [0.15, 0.2) is 30.3 Å². The van der Waals surface area contributed by atoms with Gasteiger partial charge >= 0.3 is 0 Å². The number of aromatic nitrogens is 3. The Morgan fingerprint density at radius 1 is 0.857 bits per heavy atom. The Balaban J connectivity index is 1.60. The van der Waals surface area contributed by atoms with Gasteiger partial charge in [0, 0.05) is 0 Å². The zero-order valence-corrected chi connectivity index (χ0v) is 18.3. The molecule has 0 saturated heterocycles. The molecule has 3 rings (SSSR count). The van der Waals surface area contributed by atoms with E-state index in [1.54, 1.807) is 0 Å². The Kier molecular flexibility index (Phi) is 7.00. The number of hydrogen-bond donors (Lipinski definition) is 0. The van der Waals surface area contributed by atoms with Crippen molar-refractivity contribution in [2.45, 2.75) is 33.1 Å². The van der Waals surface area contributed by atoms with Gasteiger partial charge in [0.1, 0.15) is 16.6 Å². The first-order valence-corrected chi connectivity index (χ1v) is 10.1. The highest BCUT2D eigenvalue weighted by Crippen LogP contribution is 2.33. The van der Waals surface area contributed by atoms with Crippen molar-refractivity contribution in [1.29, 1.82) is 0 Å². The number of halogens is 4. The van der Waals surface area contributed by atoms with Crippen LogP contribution in [0.3, 0.4) is 0 Å². The molecule has 146 valence electrons. The van der Waals surface area contributed by atoms with E-state index < -0.39 is 0 Å². The summed E-state index contributed by atoms with van der Waals surface area (Å²) in [5, 5.41) is 1.38. The van der Waals surface area contributed by atoms with Crippen molar-refractivity contribution < 1.29 is 4.74 Å². The molecule has 0 amide bonds. The van der Waals surface area contributed by atoms with Crippen LogP contribution in [0.25, 0.3) is 0 Å². The van der Waals surface area contributed by atoms with Gasteiger partial charge in [-0.2, -0.15) is 4.98 Å². The molecule has 0 spiro atoms. The molecule has 0 fully saturated rings. The third kappa shape index (κ3) is 5.26. The summed E-state index contributed by atoms with van der Waals surface area (Å²) in [6.07, 6.45) is 2.62. The summed E-state index contributed by atoms with van der Waals surface area (Å²) < 4.78 is 5.70. The fourth-order valence-corrected chi connectivity index (χ4v) is 3.44. The van der Waals surface area contributed by atoms with E-state index in [-0.39, 0.29) is 16.1 Å². The van der Waals surface area contributed by atoms with Crippen LogP contribution in [0.2, 0.25) is 20.2 Å². The topological polar surface area (TPSA) is 47.9 Å². The van der Waals surface area contributed by atoms with E-state index in [0.29, 0.717) is 15.8 Å². The van der Waals surface area contributed by atoms with Crippen LogP contribution >= 0.6 is 46.4 Å². The summed E-state index contributed by atoms with van der Waals surface area (Å²) in [5.74, 6) is 1.57. The lowest BCUT2D eigenvalue weighted by Gasteiger charge is -2.09. The van der Waals surface area contributed by atoms with Gasteiger partial charge in [-0.3, -0.25) is 0 Å². The van der Waals surface area contributed by atoms with Crippen molar-refractivity contribution in [2.75, 3.05) is 0 Å². The van der Waals surface area contributed by atoms with Crippen LogP contribution in [0, 0.1) is 13.8 Å². The molecule has 28 heavy (non-hydrogen) atoms. The summed E-state index contributed by atoms with van der Waals surface area (Å²) in [6, 6.07) is 9.23. The monoisotopic (exact) mass is 455 g/mol. The molecule has 0 atom stereocenters. The van der Waals surface area contributed by atoms with Gasteiger partial charge in [0.25, 0.3) is 0 Å². The van der Waals surface area contributed by atoms with Crippen LogP contribution in [0.4, 0.5) is 0 Å². The lowest BCUT2D eigenvalue weighted by atomic mass is 10.1. The molecular formula is C20H17Cl4N3O. The molecule has 0 unspecified atom stereocenters. The number of pyridine rings is 1. The number of benzene rings is 1. The lowest BCUT2D eigenvalue weighted by Crippen LogP contribution is -2.01. The fraction of sp³-hybridized carbons (Fsp3) is 0.250. The second-order valence-electron chi connectivity index (χ2n) is 6.26. The highest BCUT2D eigenvalue weighted by Gasteiger charge is 2.11. The molecule has 1 aromatic carbocycles. The molecule has 8 heteroatoms. The van der Waals surface area contributed by atoms with Gasteiger partial charge in [-0.25, -0.2) is 9.97 Å². The summed E-state index contributed by atoms with van der Waals surface area (Å²) in [5.41, 5.74) is 2.89. The van der Waals surface area contributed by atoms with Crippen LogP contribution in [0.1, 0.15) is 29.2 Å². The SMILES string of the molecule is Cc1nc(C)c(Cl)c(CCCc2ccc(Oc3nc(Cl)c(Cl)cc3Cl)cc2)n1. The molecule has 2 heterocycles. The zero-order valence-electron chi connectivity index (χ0n) is 15.3.